The van der Waals surface area contributed by atoms with Gasteiger partial charge in [0, 0.05) is 23.5 Å². The standard InChI is InChI=1S/C25H25F3N2O4/c1-24(2,3)18-9-7-16(14-21(18)34-12-11-31)30-23(33)17-8-6-15(13-20(17)32)22-19(25(26,27)28)5-4-10-29-22/h4-10,13-14,31-32H,11-12H2,1-3H3,(H,30,33). The lowest BCUT2D eigenvalue weighted by molar-refractivity contribution is -0.137. The number of halogens is 3. The number of amides is 1. The number of ether oxygens (including phenoxy) is 1. The Hall–Kier alpha value is -3.59. The van der Waals surface area contributed by atoms with Crippen LogP contribution in [-0.2, 0) is 11.6 Å². The fraction of sp³-hybridized carbons (Fsp3) is 0.280. The van der Waals surface area contributed by atoms with E-state index in [1.54, 1.807) is 18.2 Å². The van der Waals surface area contributed by atoms with Gasteiger partial charge in [-0.1, -0.05) is 32.9 Å². The van der Waals surface area contributed by atoms with Gasteiger partial charge in [0.2, 0.25) is 0 Å². The summed E-state index contributed by atoms with van der Waals surface area (Å²) in [5.74, 6) is -0.650. The van der Waals surface area contributed by atoms with Crippen LogP contribution in [0.5, 0.6) is 11.5 Å². The molecule has 0 aliphatic carbocycles. The monoisotopic (exact) mass is 474 g/mol. The van der Waals surface area contributed by atoms with Crippen LogP contribution in [-0.4, -0.2) is 34.3 Å². The summed E-state index contributed by atoms with van der Waals surface area (Å²) in [6.07, 6.45) is -3.40. The first-order valence-corrected chi connectivity index (χ1v) is 10.5. The Morgan fingerprint density at radius 1 is 1.06 bits per heavy atom. The molecular formula is C25H25F3N2O4. The number of rotatable bonds is 6. The van der Waals surface area contributed by atoms with Gasteiger partial charge in [0.25, 0.3) is 5.91 Å². The maximum absolute atomic E-state index is 13.3. The van der Waals surface area contributed by atoms with Crippen LogP contribution < -0.4 is 10.1 Å². The molecule has 6 nitrogen and oxygen atoms in total. The maximum Gasteiger partial charge on any atom is 0.418 e. The molecule has 0 saturated heterocycles. The van der Waals surface area contributed by atoms with E-state index < -0.39 is 23.4 Å². The molecule has 0 spiro atoms. The molecule has 180 valence electrons. The summed E-state index contributed by atoms with van der Waals surface area (Å²) in [5.41, 5.74) is -0.369. The molecule has 0 aliphatic heterocycles. The number of aromatic nitrogens is 1. The average Bonchev–Trinajstić information content (AvgIpc) is 2.76. The Balaban J connectivity index is 1.88. The van der Waals surface area contributed by atoms with E-state index in [1.807, 2.05) is 20.8 Å². The molecule has 9 heteroatoms. The van der Waals surface area contributed by atoms with Gasteiger partial charge >= 0.3 is 6.18 Å². The minimum absolute atomic E-state index is 0.0243. The molecule has 2 aromatic carbocycles. The lowest BCUT2D eigenvalue weighted by Gasteiger charge is -2.23. The van der Waals surface area contributed by atoms with Crippen LogP contribution in [0.3, 0.4) is 0 Å². The molecule has 3 aromatic rings. The Labute approximate surface area is 195 Å². The van der Waals surface area contributed by atoms with E-state index in [2.05, 4.69) is 10.3 Å². The third kappa shape index (κ3) is 5.66. The lowest BCUT2D eigenvalue weighted by atomic mass is 9.86. The largest absolute Gasteiger partial charge is 0.507 e. The highest BCUT2D eigenvalue weighted by Crippen LogP contribution is 2.37. The molecule has 0 unspecified atom stereocenters. The molecule has 3 rings (SSSR count). The highest BCUT2D eigenvalue weighted by Gasteiger charge is 2.34. The van der Waals surface area contributed by atoms with Crippen molar-refractivity contribution >= 4 is 11.6 Å². The minimum atomic E-state index is -4.62. The topological polar surface area (TPSA) is 91.7 Å². The number of benzene rings is 2. The number of carbonyl (C=O) groups is 1. The fourth-order valence-electron chi connectivity index (χ4n) is 3.43. The van der Waals surface area contributed by atoms with E-state index in [-0.39, 0.29) is 35.4 Å². The van der Waals surface area contributed by atoms with Crippen molar-refractivity contribution in [3.63, 3.8) is 0 Å². The van der Waals surface area contributed by atoms with Crippen molar-refractivity contribution in [2.45, 2.75) is 32.4 Å². The molecule has 1 aromatic heterocycles. The highest BCUT2D eigenvalue weighted by atomic mass is 19.4. The zero-order valence-corrected chi connectivity index (χ0v) is 18.9. The summed E-state index contributed by atoms with van der Waals surface area (Å²) < 4.78 is 45.5. The van der Waals surface area contributed by atoms with Gasteiger partial charge in [-0.2, -0.15) is 13.2 Å². The fourth-order valence-corrected chi connectivity index (χ4v) is 3.43. The van der Waals surface area contributed by atoms with Gasteiger partial charge < -0.3 is 20.3 Å². The molecule has 1 heterocycles. The number of phenols is 1. The number of hydrogen-bond donors (Lipinski definition) is 3. The predicted molar refractivity (Wildman–Crippen MR) is 122 cm³/mol. The second-order valence-corrected chi connectivity index (χ2v) is 8.62. The Morgan fingerprint density at radius 2 is 1.79 bits per heavy atom. The summed E-state index contributed by atoms with van der Waals surface area (Å²) in [6, 6.07) is 10.8. The molecule has 3 N–H and O–H groups in total. The van der Waals surface area contributed by atoms with Crippen molar-refractivity contribution < 1.29 is 32.9 Å². The molecular weight excluding hydrogens is 449 g/mol. The highest BCUT2D eigenvalue weighted by molar-refractivity contribution is 6.06. The number of aliphatic hydroxyl groups excluding tert-OH is 1. The summed E-state index contributed by atoms with van der Waals surface area (Å²) in [4.78, 5) is 16.6. The van der Waals surface area contributed by atoms with E-state index in [1.165, 1.54) is 24.4 Å². The van der Waals surface area contributed by atoms with Crippen molar-refractivity contribution in [1.29, 1.82) is 0 Å². The number of phenolic OH excluding ortho intramolecular Hbond substituents is 1. The third-order valence-electron chi connectivity index (χ3n) is 5.03. The van der Waals surface area contributed by atoms with Crippen molar-refractivity contribution in [3.8, 4) is 22.8 Å². The SMILES string of the molecule is CC(C)(C)c1ccc(NC(=O)c2ccc(-c3ncccc3C(F)(F)F)cc2O)cc1OCCO. The molecule has 34 heavy (non-hydrogen) atoms. The predicted octanol–water partition coefficient (Wildman–Crippen LogP) is 5.39. The third-order valence-corrected chi connectivity index (χ3v) is 5.03. The molecule has 0 atom stereocenters. The first-order chi connectivity index (χ1) is 15.9. The van der Waals surface area contributed by atoms with Crippen molar-refractivity contribution in [1.82, 2.24) is 4.98 Å². The first-order valence-electron chi connectivity index (χ1n) is 10.5. The molecule has 1 amide bonds. The van der Waals surface area contributed by atoms with Crippen molar-refractivity contribution in [2.24, 2.45) is 0 Å². The van der Waals surface area contributed by atoms with Crippen LogP contribution >= 0.6 is 0 Å². The van der Waals surface area contributed by atoms with E-state index >= 15 is 0 Å². The molecule has 0 aliphatic rings. The van der Waals surface area contributed by atoms with Gasteiger partial charge in [0.1, 0.15) is 18.1 Å². The van der Waals surface area contributed by atoms with Gasteiger partial charge in [0.15, 0.2) is 0 Å². The molecule has 0 bridgehead atoms. The number of pyridine rings is 1. The molecule has 0 saturated carbocycles. The van der Waals surface area contributed by atoms with Crippen LogP contribution in [0.1, 0.15) is 42.3 Å². The quantitative estimate of drug-likeness (QED) is 0.445. The van der Waals surface area contributed by atoms with Crippen LogP contribution in [0.15, 0.2) is 54.7 Å². The van der Waals surface area contributed by atoms with E-state index in [9.17, 15) is 23.1 Å². The van der Waals surface area contributed by atoms with Gasteiger partial charge in [-0.15, -0.1) is 0 Å². The second kappa shape index (κ2) is 9.72. The van der Waals surface area contributed by atoms with Gasteiger partial charge in [-0.05, 0) is 41.3 Å². The number of nitrogens with one attached hydrogen (secondary N) is 1. The van der Waals surface area contributed by atoms with E-state index in [0.717, 1.165) is 17.7 Å². The number of aromatic hydroxyl groups is 1. The van der Waals surface area contributed by atoms with Crippen LogP contribution in [0.25, 0.3) is 11.3 Å². The normalized spacial score (nSPS) is 11.9. The molecule has 0 fully saturated rings. The number of alkyl halides is 3. The van der Waals surface area contributed by atoms with Crippen LogP contribution in [0.4, 0.5) is 18.9 Å². The number of hydrogen-bond acceptors (Lipinski definition) is 5. The Kier molecular flexibility index (Phi) is 7.16. The second-order valence-electron chi connectivity index (χ2n) is 8.62. The number of aliphatic hydroxyl groups is 1. The zero-order valence-electron chi connectivity index (χ0n) is 18.9. The number of anilines is 1. The zero-order chi connectivity index (χ0) is 25.1. The smallest absolute Gasteiger partial charge is 0.418 e. The summed E-state index contributed by atoms with van der Waals surface area (Å²) >= 11 is 0. The summed E-state index contributed by atoms with van der Waals surface area (Å²) in [6.45, 7) is 5.90. The van der Waals surface area contributed by atoms with E-state index in [0.29, 0.717) is 11.4 Å². The van der Waals surface area contributed by atoms with Crippen molar-refractivity contribution in [2.75, 3.05) is 18.5 Å². The van der Waals surface area contributed by atoms with Gasteiger partial charge in [-0.3, -0.25) is 9.78 Å². The lowest BCUT2D eigenvalue weighted by Crippen LogP contribution is -2.16. The number of carbonyl (C=O) groups excluding carboxylic acids is 1. The first kappa shape index (κ1) is 25.0. The van der Waals surface area contributed by atoms with Gasteiger partial charge in [-0.25, -0.2) is 0 Å². The van der Waals surface area contributed by atoms with Gasteiger partial charge in [0.05, 0.1) is 23.4 Å². The number of nitrogens with zero attached hydrogens (tertiary/aromatic N) is 1. The average molecular weight is 474 g/mol. The van der Waals surface area contributed by atoms with Crippen LogP contribution in [0.2, 0.25) is 0 Å². The van der Waals surface area contributed by atoms with Crippen molar-refractivity contribution in [3.05, 3.63) is 71.4 Å². The Morgan fingerprint density at radius 3 is 2.41 bits per heavy atom. The minimum Gasteiger partial charge on any atom is -0.507 e. The van der Waals surface area contributed by atoms with Crippen LogP contribution in [0, 0.1) is 0 Å². The molecule has 0 radical (unpaired) electrons. The van der Waals surface area contributed by atoms with E-state index in [4.69, 9.17) is 9.84 Å². The Bertz CT molecular complexity index is 1190. The maximum atomic E-state index is 13.3. The summed E-state index contributed by atoms with van der Waals surface area (Å²) in [5, 5.41) is 22.1. The summed E-state index contributed by atoms with van der Waals surface area (Å²) in [7, 11) is 0.